The number of nitrogens with zero attached hydrogens (tertiary/aromatic N) is 2. The smallest absolute Gasteiger partial charge is 0.373 e. The van der Waals surface area contributed by atoms with Crippen LogP contribution in [0.5, 0.6) is 11.5 Å². The molecule has 14 nitrogen and oxygen atoms in total. The molecule has 2 aromatic rings. The molecule has 1 aliphatic rings. The molecule has 0 radical (unpaired) electrons. The number of carbonyl (C=O) groups excluding carboxylic acids is 4. The van der Waals surface area contributed by atoms with Gasteiger partial charge >= 0.3 is 23.7 Å². The molecular formula is C21H19N3O11. The van der Waals surface area contributed by atoms with Gasteiger partial charge in [0.1, 0.15) is 11.5 Å². The number of hydrogen-bond donors (Lipinski definition) is 1. The van der Waals surface area contributed by atoms with Crippen molar-refractivity contribution in [1.29, 1.82) is 0 Å². The van der Waals surface area contributed by atoms with Crippen LogP contribution in [0.4, 0.5) is 10.5 Å². The quantitative estimate of drug-likeness (QED) is 0.178. The van der Waals surface area contributed by atoms with E-state index in [0.717, 1.165) is 18.1 Å². The minimum absolute atomic E-state index is 0.0884. The van der Waals surface area contributed by atoms with Crippen molar-refractivity contribution >= 4 is 35.6 Å². The van der Waals surface area contributed by atoms with Crippen molar-refractivity contribution in [2.75, 3.05) is 27.9 Å². The normalized spacial score (nSPS) is 14.0. The zero-order valence-electron chi connectivity index (χ0n) is 18.7. The molecule has 14 heteroatoms. The minimum Gasteiger partial charge on any atom is -0.493 e. The monoisotopic (exact) mass is 489 g/mol. The average molecular weight is 489 g/mol. The fourth-order valence-electron chi connectivity index (χ4n) is 3.02. The van der Waals surface area contributed by atoms with Crippen molar-refractivity contribution in [1.82, 2.24) is 10.2 Å². The Kier molecular flexibility index (Phi) is 7.34. The summed E-state index contributed by atoms with van der Waals surface area (Å²) in [4.78, 5) is 59.6. The van der Waals surface area contributed by atoms with E-state index in [1.54, 1.807) is 0 Å². The van der Waals surface area contributed by atoms with Gasteiger partial charge in [-0.3, -0.25) is 19.8 Å². The molecule has 0 spiro atoms. The van der Waals surface area contributed by atoms with Crippen LogP contribution in [-0.2, 0) is 25.6 Å². The summed E-state index contributed by atoms with van der Waals surface area (Å²) in [5.41, 5.74) is -0.579. The second kappa shape index (κ2) is 10.4. The number of methoxy groups -OCH3 is 3. The van der Waals surface area contributed by atoms with Gasteiger partial charge in [-0.2, -0.15) is 0 Å². The highest BCUT2D eigenvalue weighted by Crippen LogP contribution is 2.39. The van der Waals surface area contributed by atoms with Crippen LogP contribution in [0, 0.1) is 10.1 Å². The van der Waals surface area contributed by atoms with Gasteiger partial charge in [0.25, 0.3) is 5.91 Å². The summed E-state index contributed by atoms with van der Waals surface area (Å²) >= 11 is 0. The van der Waals surface area contributed by atoms with E-state index < -0.39 is 41.1 Å². The Balaban J connectivity index is 1.87. The van der Waals surface area contributed by atoms with Gasteiger partial charge in [0, 0.05) is 6.07 Å². The van der Waals surface area contributed by atoms with Gasteiger partial charge in [-0.25, -0.2) is 14.4 Å². The third-order valence-corrected chi connectivity index (χ3v) is 4.67. The fraction of sp³-hybridized carbons (Fsp3) is 0.238. The molecule has 184 valence electrons. The molecule has 1 N–H and O–H groups in total. The number of hydrogen-bond acceptors (Lipinski definition) is 11. The number of ether oxygens (including phenoxy) is 4. The number of furan rings is 1. The van der Waals surface area contributed by atoms with E-state index in [-0.39, 0.29) is 40.8 Å². The number of nitro benzene ring substituents is 1. The molecule has 3 rings (SSSR count). The van der Waals surface area contributed by atoms with Gasteiger partial charge in [0.15, 0.2) is 12.4 Å². The molecule has 1 saturated heterocycles. The molecule has 1 aromatic heterocycles. The fourth-order valence-corrected chi connectivity index (χ4v) is 3.02. The zero-order chi connectivity index (χ0) is 25.7. The van der Waals surface area contributed by atoms with Crippen molar-refractivity contribution in [3.63, 3.8) is 0 Å². The molecule has 35 heavy (non-hydrogen) atoms. The number of carbonyl (C=O) groups is 4. The van der Waals surface area contributed by atoms with E-state index in [2.05, 4.69) is 14.8 Å². The van der Waals surface area contributed by atoms with Gasteiger partial charge < -0.3 is 28.7 Å². The first-order chi connectivity index (χ1) is 16.7. The summed E-state index contributed by atoms with van der Waals surface area (Å²) in [7, 11) is 3.54. The zero-order valence-corrected chi connectivity index (χ0v) is 18.7. The van der Waals surface area contributed by atoms with E-state index in [1.165, 1.54) is 38.5 Å². The summed E-state index contributed by atoms with van der Waals surface area (Å²) in [6, 6.07) is 4.39. The average Bonchev–Trinajstić information content (AvgIpc) is 3.42. The number of imide groups is 1. The number of benzene rings is 1. The SMILES string of the molecule is COC(=O)COc1c(OC)cc(/C=C2\NC(=O)N(Cc3ccc(C(=O)OC)o3)C2=O)cc1[N+](=O)[O-]. The molecule has 3 amide bonds. The van der Waals surface area contributed by atoms with E-state index >= 15 is 0 Å². The van der Waals surface area contributed by atoms with E-state index in [1.807, 2.05) is 0 Å². The van der Waals surface area contributed by atoms with Crippen molar-refractivity contribution in [3.8, 4) is 11.5 Å². The maximum atomic E-state index is 12.8. The van der Waals surface area contributed by atoms with Crippen LogP contribution in [0.1, 0.15) is 21.9 Å². The molecule has 1 aromatic carbocycles. The third kappa shape index (κ3) is 5.38. The Labute approximate surface area is 197 Å². The molecule has 0 saturated carbocycles. The molecular weight excluding hydrogens is 470 g/mol. The summed E-state index contributed by atoms with van der Waals surface area (Å²) in [5, 5.41) is 14.0. The summed E-state index contributed by atoms with van der Waals surface area (Å²) in [6.07, 6.45) is 1.21. The van der Waals surface area contributed by atoms with Gasteiger partial charge in [0.05, 0.1) is 32.8 Å². The largest absolute Gasteiger partial charge is 0.493 e. The van der Waals surface area contributed by atoms with Crippen LogP contribution in [0.2, 0.25) is 0 Å². The van der Waals surface area contributed by atoms with Crippen LogP contribution in [0.25, 0.3) is 6.08 Å². The first kappa shape index (κ1) is 24.8. The van der Waals surface area contributed by atoms with Gasteiger partial charge in [0.2, 0.25) is 11.5 Å². The molecule has 1 fully saturated rings. The summed E-state index contributed by atoms with van der Waals surface area (Å²) in [6.45, 7) is -0.870. The van der Waals surface area contributed by atoms with Crippen LogP contribution in [0.15, 0.2) is 34.4 Å². The highest BCUT2D eigenvalue weighted by atomic mass is 16.6. The van der Waals surface area contributed by atoms with E-state index in [0.29, 0.717) is 0 Å². The highest BCUT2D eigenvalue weighted by molar-refractivity contribution is 6.13. The Bertz CT molecular complexity index is 1230. The second-order valence-corrected chi connectivity index (χ2v) is 6.83. The van der Waals surface area contributed by atoms with Gasteiger partial charge in [-0.15, -0.1) is 0 Å². The number of nitrogens with one attached hydrogen (secondary N) is 1. The predicted octanol–water partition coefficient (Wildman–Crippen LogP) is 1.63. The van der Waals surface area contributed by atoms with Gasteiger partial charge in [-0.1, -0.05) is 0 Å². The van der Waals surface area contributed by atoms with Crippen molar-refractivity contribution in [3.05, 3.63) is 57.2 Å². The number of nitro groups is 1. The first-order valence-corrected chi connectivity index (χ1v) is 9.76. The van der Waals surface area contributed by atoms with Crippen LogP contribution < -0.4 is 14.8 Å². The van der Waals surface area contributed by atoms with E-state index in [4.69, 9.17) is 13.9 Å². The van der Waals surface area contributed by atoms with Crippen LogP contribution in [0.3, 0.4) is 0 Å². The summed E-state index contributed by atoms with van der Waals surface area (Å²) in [5.74, 6) is -2.56. The third-order valence-electron chi connectivity index (χ3n) is 4.67. The maximum absolute atomic E-state index is 12.8. The molecule has 0 aliphatic carbocycles. The number of urea groups is 1. The standard InChI is InChI=1S/C21H19N3O11/c1-31-16-8-11(7-14(24(29)30)18(16)34-10-17(25)32-2)6-13-19(26)23(21(28)22-13)9-12-4-5-15(35-12)20(27)33-3/h4-8H,9-10H2,1-3H3,(H,22,28)/b13-6-. The van der Waals surface area contributed by atoms with Gasteiger partial charge in [-0.05, 0) is 29.8 Å². The molecule has 0 bridgehead atoms. The van der Waals surface area contributed by atoms with Crippen LogP contribution in [-0.4, -0.2) is 61.6 Å². The molecule has 2 heterocycles. The Morgan fingerprint density at radius 3 is 2.54 bits per heavy atom. The lowest BCUT2D eigenvalue weighted by Crippen LogP contribution is -2.30. The molecule has 1 aliphatic heterocycles. The first-order valence-electron chi connectivity index (χ1n) is 9.76. The van der Waals surface area contributed by atoms with Crippen LogP contribution >= 0.6 is 0 Å². The van der Waals surface area contributed by atoms with E-state index in [9.17, 15) is 29.3 Å². The Hall–Kier alpha value is -4.88. The molecule has 0 unspecified atom stereocenters. The number of esters is 2. The number of amides is 3. The minimum atomic E-state index is -0.767. The predicted molar refractivity (Wildman–Crippen MR) is 114 cm³/mol. The topological polar surface area (TPSA) is 177 Å². The Morgan fingerprint density at radius 1 is 1.17 bits per heavy atom. The number of rotatable bonds is 9. The lowest BCUT2D eigenvalue weighted by molar-refractivity contribution is -0.385. The Morgan fingerprint density at radius 2 is 1.91 bits per heavy atom. The molecule has 0 atom stereocenters. The maximum Gasteiger partial charge on any atom is 0.373 e. The highest BCUT2D eigenvalue weighted by Gasteiger charge is 2.35. The van der Waals surface area contributed by atoms with Crippen molar-refractivity contribution < 1.29 is 47.5 Å². The van der Waals surface area contributed by atoms with Crippen molar-refractivity contribution in [2.24, 2.45) is 0 Å². The lowest BCUT2D eigenvalue weighted by Gasteiger charge is -2.11. The second-order valence-electron chi connectivity index (χ2n) is 6.83. The van der Waals surface area contributed by atoms with Crippen molar-refractivity contribution in [2.45, 2.75) is 6.54 Å². The summed E-state index contributed by atoms with van der Waals surface area (Å²) < 4.78 is 24.6. The lowest BCUT2D eigenvalue weighted by atomic mass is 10.1.